The molecule has 1 heterocycles. The average molecular weight is 408 g/mol. The lowest BCUT2D eigenvalue weighted by molar-refractivity contribution is -0.174. The molecule has 154 valence electrons. The van der Waals surface area contributed by atoms with Crippen LogP contribution in [0.2, 0.25) is 0 Å². The van der Waals surface area contributed by atoms with Crippen molar-refractivity contribution in [3.8, 4) is 11.5 Å². The van der Waals surface area contributed by atoms with Crippen LogP contribution in [0, 0.1) is 0 Å². The van der Waals surface area contributed by atoms with Crippen LogP contribution in [0.3, 0.4) is 0 Å². The number of alkyl halides is 3. The molecule has 0 saturated carbocycles. The number of fused-ring (bicyclic) bond motifs is 1. The molecular formula is C20H19F3N2O4. The Labute approximate surface area is 165 Å². The number of hydrogen-bond donors (Lipinski definition) is 2. The highest BCUT2D eigenvalue weighted by Gasteiger charge is 2.40. The van der Waals surface area contributed by atoms with E-state index in [9.17, 15) is 22.8 Å². The Bertz CT molecular complexity index is 898. The van der Waals surface area contributed by atoms with Crippen LogP contribution in [0.1, 0.15) is 30.5 Å². The monoisotopic (exact) mass is 408 g/mol. The summed E-state index contributed by atoms with van der Waals surface area (Å²) in [6.45, 7) is 2.02. The van der Waals surface area contributed by atoms with Crippen LogP contribution < -0.4 is 20.1 Å². The average Bonchev–Trinajstić information content (AvgIpc) is 3.14. The van der Waals surface area contributed by atoms with E-state index >= 15 is 0 Å². The maximum atomic E-state index is 12.7. The SMILES string of the molecule is CCc1ccc([C@@H](CC(=O)Nc2ccc3c(c2)OCO3)NC(=O)C(F)(F)F)cc1. The van der Waals surface area contributed by atoms with Gasteiger partial charge in [-0.15, -0.1) is 0 Å². The molecule has 2 amide bonds. The zero-order chi connectivity index (χ0) is 21.0. The molecule has 9 heteroatoms. The van der Waals surface area contributed by atoms with Crippen molar-refractivity contribution >= 4 is 17.5 Å². The fourth-order valence-corrected chi connectivity index (χ4v) is 2.85. The summed E-state index contributed by atoms with van der Waals surface area (Å²) in [6, 6.07) is 10.3. The van der Waals surface area contributed by atoms with Crippen molar-refractivity contribution in [3.05, 3.63) is 53.6 Å². The first-order valence-corrected chi connectivity index (χ1v) is 8.92. The van der Waals surface area contributed by atoms with Crippen molar-refractivity contribution in [1.82, 2.24) is 5.32 Å². The Kier molecular flexibility index (Phi) is 5.95. The van der Waals surface area contributed by atoms with E-state index in [0.29, 0.717) is 22.7 Å². The second-order valence-corrected chi connectivity index (χ2v) is 6.44. The van der Waals surface area contributed by atoms with Gasteiger partial charge in [0.2, 0.25) is 12.7 Å². The van der Waals surface area contributed by atoms with E-state index in [1.54, 1.807) is 42.5 Å². The summed E-state index contributed by atoms with van der Waals surface area (Å²) < 4.78 is 48.6. The molecule has 0 bridgehead atoms. The number of anilines is 1. The molecule has 0 radical (unpaired) electrons. The van der Waals surface area contributed by atoms with E-state index < -0.39 is 24.0 Å². The quantitative estimate of drug-likeness (QED) is 0.764. The van der Waals surface area contributed by atoms with Gasteiger partial charge in [-0.2, -0.15) is 13.2 Å². The number of carbonyl (C=O) groups is 2. The third-order valence-corrected chi connectivity index (χ3v) is 4.40. The standard InChI is InChI=1S/C20H19F3N2O4/c1-2-12-3-5-13(6-4-12)15(25-19(27)20(21,22)23)10-18(26)24-14-7-8-16-17(9-14)29-11-28-16/h3-9,15H,2,10-11H2,1H3,(H,24,26)(H,25,27)/t15-/m1/s1. The highest BCUT2D eigenvalue weighted by molar-refractivity contribution is 5.92. The first-order valence-electron chi connectivity index (χ1n) is 8.92. The highest BCUT2D eigenvalue weighted by atomic mass is 19.4. The van der Waals surface area contributed by atoms with Gasteiger partial charge in [0.15, 0.2) is 11.5 Å². The van der Waals surface area contributed by atoms with Crippen molar-refractivity contribution in [1.29, 1.82) is 0 Å². The Morgan fingerprint density at radius 3 is 2.41 bits per heavy atom. The van der Waals surface area contributed by atoms with Gasteiger partial charge in [-0.1, -0.05) is 31.2 Å². The summed E-state index contributed by atoms with van der Waals surface area (Å²) in [7, 11) is 0. The number of hydrogen-bond acceptors (Lipinski definition) is 4. The number of nitrogens with one attached hydrogen (secondary N) is 2. The first kappa shape index (κ1) is 20.5. The number of amides is 2. The van der Waals surface area contributed by atoms with Gasteiger partial charge in [0.05, 0.1) is 12.5 Å². The number of halogens is 3. The minimum absolute atomic E-state index is 0.0754. The molecule has 0 fully saturated rings. The molecule has 3 rings (SSSR count). The molecule has 0 saturated heterocycles. The highest BCUT2D eigenvalue weighted by Crippen LogP contribution is 2.34. The summed E-state index contributed by atoms with van der Waals surface area (Å²) >= 11 is 0. The van der Waals surface area contributed by atoms with E-state index in [1.807, 2.05) is 12.2 Å². The van der Waals surface area contributed by atoms with Crippen LogP contribution in [0.15, 0.2) is 42.5 Å². The van der Waals surface area contributed by atoms with E-state index in [-0.39, 0.29) is 13.2 Å². The van der Waals surface area contributed by atoms with Crippen molar-refractivity contribution in [2.45, 2.75) is 32.0 Å². The number of benzene rings is 2. The molecule has 1 aliphatic heterocycles. The van der Waals surface area contributed by atoms with Crippen LogP contribution >= 0.6 is 0 Å². The smallest absolute Gasteiger partial charge is 0.454 e. The Morgan fingerprint density at radius 2 is 1.76 bits per heavy atom. The van der Waals surface area contributed by atoms with Crippen molar-refractivity contribution in [3.63, 3.8) is 0 Å². The van der Waals surface area contributed by atoms with Crippen molar-refractivity contribution < 1.29 is 32.2 Å². The molecule has 2 N–H and O–H groups in total. The van der Waals surface area contributed by atoms with Gasteiger partial charge in [-0.3, -0.25) is 9.59 Å². The lowest BCUT2D eigenvalue weighted by atomic mass is 10.0. The molecule has 1 aliphatic rings. The summed E-state index contributed by atoms with van der Waals surface area (Å²) in [5.74, 6) is -1.66. The topological polar surface area (TPSA) is 76.7 Å². The minimum atomic E-state index is -5.05. The normalized spacial score (nSPS) is 13.7. The number of carbonyl (C=O) groups excluding carboxylic acids is 2. The predicted octanol–water partition coefficient (Wildman–Crippen LogP) is 3.73. The van der Waals surface area contributed by atoms with Gasteiger partial charge < -0.3 is 20.1 Å². The molecule has 0 spiro atoms. The molecule has 2 aromatic rings. The summed E-state index contributed by atoms with van der Waals surface area (Å²) in [5.41, 5.74) is 1.79. The molecule has 6 nitrogen and oxygen atoms in total. The fraction of sp³-hybridized carbons (Fsp3) is 0.300. The first-order chi connectivity index (χ1) is 13.8. The van der Waals surface area contributed by atoms with Crippen LogP contribution in [0.5, 0.6) is 11.5 Å². The van der Waals surface area contributed by atoms with Gasteiger partial charge in [-0.25, -0.2) is 0 Å². The Morgan fingerprint density at radius 1 is 1.07 bits per heavy atom. The molecular weight excluding hydrogens is 389 g/mol. The van der Waals surface area contributed by atoms with E-state index in [4.69, 9.17) is 9.47 Å². The molecule has 0 aliphatic carbocycles. The van der Waals surface area contributed by atoms with E-state index in [2.05, 4.69) is 5.32 Å². The predicted molar refractivity (Wildman–Crippen MR) is 98.6 cm³/mol. The Hall–Kier alpha value is -3.23. The molecule has 2 aromatic carbocycles. The maximum Gasteiger partial charge on any atom is 0.471 e. The summed E-state index contributed by atoms with van der Waals surface area (Å²) in [5, 5.41) is 4.50. The third kappa shape index (κ3) is 5.18. The van der Waals surface area contributed by atoms with Gasteiger partial charge >= 0.3 is 12.1 Å². The maximum absolute atomic E-state index is 12.7. The molecule has 1 atom stereocenters. The largest absolute Gasteiger partial charge is 0.471 e. The van der Waals surface area contributed by atoms with Crippen LogP contribution in [0.25, 0.3) is 0 Å². The second kappa shape index (κ2) is 8.42. The number of ether oxygens (including phenoxy) is 2. The van der Waals surface area contributed by atoms with Crippen LogP contribution in [-0.4, -0.2) is 24.8 Å². The van der Waals surface area contributed by atoms with Gasteiger partial charge in [-0.05, 0) is 29.7 Å². The van der Waals surface area contributed by atoms with Gasteiger partial charge in [0.25, 0.3) is 0 Å². The minimum Gasteiger partial charge on any atom is -0.454 e. The van der Waals surface area contributed by atoms with E-state index in [1.165, 1.54) is 0 Å². The lowest BCUT2D eigenvalue weighted by Gasteiger charge is -2.20. The lowest BCUT2D eigenvalue weighted by Crippen LogP contribution is -2.40. The summed E-state index contributed by atoms with van der Waals surface area (Å²) in [4.78, 5) is 23.9. The molecule has 0 aromatic heterocycles. The van der Waals surface area contributed by atoms with E-state index in [0.717, 1.165) is 12.0 Å². The number of rotatable bonds is 6. The summed E-state index contributed by atoms with van der Waals surface area (Å²) in [6.07, 6.45) is -4.67. The van der Waals surface area contributed by atoms with Crippen molar-refractivity contribution in [2.75, 3.05) is 12.1 Å². The van der Waals surface area contributed by atoms with Crippen LogP contribution in [0.4, 0.5) is 18.9 Å². The van der Waals surface area contributed by atoms with Gasteiger partial charge in [0, 0.05) is 11.8 Å². The molecule has 29 heavy (non-hydrogen) atoms. The zero-order valence-electron chi connectivity index (χ0n) is 15.5. The van der Waals surface area contributed by atoms with Gasteiger partial charge in [0.1, 0.15) is 0 Å². The van der Waals surface area contributed by atoms with Crippen LogP contribution in [-0.2, 0) is 16.0 Å². The molecule has 0 unspecified atom stereocenters. The zero-order valence-corrected chi connectivity index (χ0v) is 15.5. The second-order valence-electron chi connectivity index (χ2n) is 6.44. The fourth-order valence-electron chi connectivity index (χ4n) is 2.85. The third-order valence-electron chi connectivity index (χ3n) is 4.40. The number of aryl methyl sites for hydroxylation is 1. The van der Waals surface area contributed by atoms with Crippen molar-refractivity contribution in [2.24, 2.45) is 0 Å². The Balaban J connectivity index is 1.74.